The van der Waals surface area contributed by atoms with Crippen LogP contribution >= 0.6 is 0 Å². The van der Waals surface area contributed by atoms with Crippen LogP contribution in [0, 0.1) is 5.41 Å². The van der Waals surface area contributed by atoms with Crippen LogP contribution in [0.25, 0.3) is 0 Å². The van der Waals surface area contributed by atoms with Crippen molar-refractivity contribution in [1.29, 1.82) is 5.41 Å². The third-order valence-electron chi connectivity index (χ3n) is 1.25. The Morgan fingerprint density at radius 1 is 1.50 bits per heavy atom. The molecule has 0 aromatic heterocycles. The summed E-state index contributed by atoms with van der Waals surface area (Å²) >= 11 is 0. The van der Waals surface area contributed by atoms with Gasteiger partial charge in [0.05, 0.1) is 6.61 Å². The van der Waals surface area contributed by atoms with Crippen molar-refractivity contribution in [2.45, 2.75) is 26.8 Å². The second-order valence-corrected chi connectivity index (χ2v) is 2.85. The van der Waals surface area contributed by atoms with E-state index >= 15 is 0 Å². The number of hydrogen-bond acceptors (Lipinski definition) is 4. The Labute approximate surface area is 82.6 Å². The lowest BCUT2D eigenvalue weighted by atomic mass is 10.2. The fourth-order valence-electron chi connectivity index (χ4n) is 0.738. The molecular weight excluding hydrogens is 184 g/mol. The minimum absolute atomic E-state index is 0.0970. The zero-order valence-corrected chi connectivity index (χ0v) is 8.51. The summed E-state index contributed by atoms with van der Waals surface area (Å²) in [4.78, 5) is 22.4. The molecule has 0 aliphatic carbocycles. The van der Waals surface area contributed by atoms with Gasteiger partial charge < -0.3 is 10.1 Å². The summed E-state index contributed by atoms with van der Waals surface area (Å²) in [6.07, 6.45) is 0. The third-order valence-corrected chi connectivity index (χ3v) is 1.25. The van der Waals surface area contributed by atoms with Crippen molar-refractivity contribution in [3.63, 3.8) is 0 Å². The highest BCUT2D eigenvalue weighted by Crippen LogP contribution is 1.94. The van der Waals surface area contributed by atoms with Gasteiger partial charge in [-0.15, -0.1) is 0 Å². The molecule has 0 bridgehead atoms. The van der Waals surface area contributed by atoms with E-state index in [0.29, 0.717) is 0 Å². The lowest BCUT2D eigenvalue weighted by Crippen LogP contribution is -2.34. The van der Waals surface area contributed by atoms with Crippen LogP contribution < -0.4 is 5.32 Å². The molecule has 78 valence electrons. The van der Waals surface area contributed by atoms with Gasteiger partial charge in [-0.3, -0.25) is 10.2 Å². The molecule has 1 amide bonds. The molecule has 0 fully saturated rings. The summed E-state index contributed by atoms with van der Waals surface area (Å²) in [6, 6.07) is -0.0970. The maximum absolute atomic E-state index is 11.3. The molecular formula is C9H14N2O3. The van der Waals surface area contributed by atoms with Crippen LogP contribution in [0.4, 0.5) is 0 Å². The highest BCUT2D eigenvalue weighted by Gasteiger charge is 2.19. The Morgan fingerprint density at radius 3 is 2.43 bits per heavy atom. The monoisotopic (exact) mass is 198 g/mol. The van der Waals surface area contributed by atoms with E-state index in [4.69, 9.17) is 5.41 Å². The molecule has 0 radical (unpaired) electrons. The Kier molecular flexibility index (Phi) is 5.26. The van der Waals surface area contributed by atoms with Crippen molar-refractivity contribution < 1.29 is 14.3 Å². The molecule has 0 saturated carbocycles. The molecule has 0 spiro atoms. The second-order valence-electron chi connectivity index (χ2n) is 2.85. The molecule has 2 N–H and O–H groups in total. The summed E-state index contributed by atoms with van der Waals surface area (Å²) in [5.41, 5.74) is -0.402. The average Bonchev–Trinajstić information content (AvgIpc) is 2.04. The fourth-order valence-corrected chi connectivity index (χ4v) is 0.738. The standard InChI is InChI=1S/C9H14N2O3/c1-4-14-9(13)7(5-10)8(12)11-6(2)3/h6,10H,4H2,1-3H3,(H,11,12). The molecule has 0 heterocycles. The summed E-state index contributed by atoms with van der Waals surface area (Å²) in [6.45, 7) is 5.30. The van der Waals surface area contributed by atoms with Gasteiger partial charge >= 0.3 is 5.97 Å². The van der Waals surface area contributed by atoms with E-state index in [-0.39, 0.29) is 12.6 Å². The van der Waals surface area contributed by atoms with Crippen LogP contribution in [0.3, 0.4) is 0 Å². The van der Waals surface area contributed by atoms with Crippen molar-refractivity contribution in [3.8, 4) is 0 Å². The van der Waals surface area contributed by atoms with E-state index < -0.39 is 17.4 Å². The molecule has 0 unspecified atom stereocenters. The third kappa shape index (κ3) is 3.87. The number of amides is 1. The van der Waals surface area contributed by atoms with Gasteiger partial charge in [-0.1, -0.05) is 0 Å². The molecule has 0 aromatic rings. The second kappa shape index (κ2) is 5.94. The van der Waals surface area contributed by atoms with E-state index in [1.807, 2.05) is 0 Å². The topological polar surface area (TPSA) is 79.2 Å². The van der Waals surface area contributed by atoms with Gasteiger partial charge in [0.15, 0.2) is 5.57 Å². The molecule has 0 aliphatic heterocycles. The quantitative estimate of drug-likeness (QED) is 0.223. The van der Waals surface area contributed by atoms with Gasteiger partial charge in [0, 0.05) is 6.04 Å². The zero-order chi connectivity index (χ0) is 11.1. The Bertz CT molecular complexity index is 278. The summed E-state index contributed by atoms with van der Waals surface area (Å²) in [7, 11) is 0. The molecule has 14 heavy (non-hydrogen) atoms. The largest absolute Gasteiger partial charge is 0.462 e. The first-order valence-electron chi connectivity index (χ1n) is 4.30. The number of rotatable bonds is 4. The zero-order valence-electron chi connectivity index (χ0n) is 8.51. The maximum Gasteiger partial charge on any atom is 0.353 e. The Balaban J connectivity index is 4.51. The summed E-state index contributed by atoms with van der Waals surface area (Å²) < 4.78 is 4.58. The minimum atomic E-state index is -0.819. The molecule has 0 rings (SSSR count). The van der Waals surface area contributed by atoms with Crippen molar-refractivity contribution in [3.05, 3.63) is 5.57 Å². The molecule has 0 atom stereocenters. The molecule has 0 aromatic carbocycles. The predicted octanol–water partition coefficient (Wildman–Crippen LogP) is 0.249. The maximum atomic E-state index is 11.3. The van der Waals surface area contributed by atoms with Gasteiger partial charge in [-0.25, -0.2) is 4.79 Å². The van der Waals surface area contributed by atoms with Crippen LogP contribution in [0.5, 0.6) is 0 Å². The van der Waals surface area contributed by atoms with E-state index in [0.717, 1.165) is 0 Å². The number of ether oxygens (including phenoxy) is 1. The highest BCUT2D eigenvalue weighted by atomic mass is 16.5. The van der Waals surface area contributed by atoms with Gasteiger partial charge in [-0.05, 0) is 26.6 Å². The minimum Gasteiger partial charge on any atom is -0.462 e. The predicted molar refractivity (Wildman–Crippen MR) is 51.2 cm³/mol. The van der Waals surface area contributed by atoms with Gasteiger partial charge in [0.2, 0.25) is 0 Å². The Hall–Kier alpha value is -1.61. The number of carbonyl (C=O) groups excluding carboxylic acids is 2. The van der Waals surface area contributed by atoms with E-state index in [1.165, 1.54) is 0 Å². The molecule has 5 nitrogen and oxygen atoms in total. The molecule has 0 saturated heterocycles. The van der Waals surface area contributed by atoms with E-state index in [9.17, 15) is 9.59 Å². The summed E-state index contributed by atoms with van der Waals surface area (Å²) in [5.74, 6) is 0.322. The molecule has 0 aliphatic rings. The molecule has 5 heteroatoms. The van der Waals surface area contributed by atoms with E-state index in [1.54, 1.807) is 26.6 Å². The van der Waals surface area contributed by atoms with E-state index in [2.05, 4.69) is 10.1 Å². The number of carbonyl (C=O) groups is 2. The first kappa shape index (κ1) is 12.4. The Morgan fingerprint density at radius 2 is 2.07 bits per heavy atom. The van der Waals surface area contributed by atoms with Gasteiger partial charge in [0.1, 0.15) is 0 Å². The van der Waals surface area contributed by atoms with Gasteiger partial charge in [-0.2, -0.15) is 0 Å². The highest BCUT2D eigenvalue weighted by molar-refractivity contribution is 6.22. The SMILES string of the molecule is CCOC(=O)C(=C=N)C(=O)NC(C)C. The van der Waals surface area contributed by atoms with Crippen LogP contribution in [0.1, 0.15) is 20.8 Å². The van der Waals surface area contributed by atoms with Crippen molar-refractivity contribution in [1.82, 2.24) is 5.32 Å². The van der Waals surface area contributed by atoms with Gasteiger partial charge in [0.25, 0.3) is 5.91 Å². The van der Waals surface area contributed by atoms with Crippen molar-refractivity contribution in [2.24, 2.45) is 0 Å². The van der Waals surface area contributed by atoms with Crippen molar-refractivity contribution in [2.75, 3.05) is 6.61 Å². The first-order valence-corrected chi connectivity index (χ1v) is 4.30. The average molecular weight is 198 g/mol. The first-order chi connectivity index (χ1) is 6.52. The number of hydrogen-bond donors (Lipinski definition) is 2. The number of nitrogens with one attached hydrogen (secondary N) is 2. The number of esters is 1. The summed E-state index contributed by atoms with van der Waals surface area (Å²) in [5, 5.41) is 9.27. The van der Waals surface area contributed by atoms with Crippen LogP contribution in [-0.4, -0.2) is 30.4 Å². The van der Waals surface area contributed by atoms with Crippen LogP contribution in [0.15, 0.2) is 5.57 Å². The van der Waals surface area contributed by atoms with Crippen LogP contribution in [-0.2, 0) is 14.3 Å². The lowest BCUT2D eigenvalue weighted by molar-refractivity contribution is -0.140. The van der Waals surface area contributed by atoms with Crippen molar-refractivity contribution >= 4 is 17.7 Å². The van der Waals surface area contributed by atoms with Crippen LogP contribution in [0.2, 0.25) is 0 Å². The lowest BCUT2D eigenvalue weighted by Gasteiger charge is -2.08. The fraction of sp³-hybridized carbons (Fsp3) is 0.556. The smallest absolute Gasteiger partial charge is 0.353 e. The normalized spacial score (nSPS) is 9.14.